The maximum Gasteiger partial charge on any atom is 0.0622 e. The maximum absolute atomic E-state index is 9.46. The lowest BCUT2D eigenvalue weighted by molar-refractivity contribution is 0.00826. The number of hydrogen-bond acceptors (Lipinski definition) is 2. The minimum absolute atomic E-state index is 0.131. The Balaban J connectivity index is 2.55. The van der Waals surface area contributed by atoms with Crippen LogP contribution in [0.25, 0.3) is 0 Å². The summed E-state index contributed by atoms with van der Waals surface area (Å²) in [5, 5.41) is 10.2. The van der Waals surface area contributed by atoms with Gasteiger partial charge >= 0.3 is 0 Å². The van der Waals surface area contributed by atoms with E-state index in [9.17, 15) is 5.11 Å². The third-order valence-electron chi connectivity index (χ3n) is 3.43. The van der Waals surface area contributed by atoms with Crippen molar-refractivity contribution in [1.82, 2.24) is 0 Å². The van der Waals surface area contributed by atoms with Gasteiger partial charge in [0.05, 0.1) is 5.60 Å². The molecule has 102 valence electrons. The monoisotopic (exact) mass is 270 g/mol. The summed E-state index contributed by atoms with van der Waals surface area (Å²) in [5.74, 6) is 0.235. The van der Waals surface area contributed by atoms with E-state index in [1.54, 1.807) is 7.11 Å². The number of aliphatic hydroxyl groups excluding tert-OH is 1. The van der Waals surface area contributed by atoms with Crippen molar-refractivity contribution in [2.75, 3.05) is 13.7 Å². The molecule has 0 radical (unpaired) electrons. The summed E-state index contributed by atoms with van der Waals surface area (Å²) in [4.78, 5) is 0. The molecule has 0 fully saturated rings. The lowest BCUT2D eigenvalue weighted by atomic mass is 9.90. The van der Waals surface area contributed by atoms with Crippen LogP contribution in [0.3, 0.4) is 0 Å². The van der Waals surface area contributed by atoms with Gasteiger partial charge in [0, 0.05) is 18.7 Å². The normalized spacial score (nSPS) is 13.6. The first-order valence-electron chi connectivity index (χ1n) is 6.38. The maximum atomic E-state index is 9.46. The van der Waals surface area contributed by atoms with Crippen LogP contribution in [0.4, 0.5) is 0 Å². The zero-order valence-electron chi connectivity index (χ0n) is 11.4. The highest BCUT2D eigenvalue weighted by atomic mass is 35.5. The van der Waals surface area contributed by atoms with Crippen molar-refractivity contribution in [3.8, 4) is 0 Å². The molecule has 0 bridgehead atoms. The van der Waals surface area contributed by atoms with E-state index in [0.29, 0.717) is 0 Å². The Labute approximate surface area is 115 Å². The molecule has 1 rings (SSSR count). The molecule has 0 spiro atoms. The number of aliphatic hydroxyl groups is 1. The molecule has 0 aromatic heterocycles. The third kappa shape index (κ3) is 4.97. The Morgan fingerprint density at radius 3 is 2.56 bits per heavy atom. The van der Waals surface area contributed by atoms with Crippen LogP contribution in [0, 0.1) is 5.92 Å². The second kappa shape index (κ2) is 7.13. The molecule has 1 atom stereocenters. The largest absolute Gasteiger partial charge is 0.396 e. The fraction of sp³-hybridized carbons (Fsp3) is 0.600. The standard InChI is InChI=1S/C15H23ClO2/c1-15(2,18-3)9-8-12(11-17)10-13-6-4-5-7-14(13)16/h4-7,12,17H,8-11H2,1-3H3. The highest BCUT2D eigenvalue weighted by Gasteiger charge is 2.19. The SMILES string of the molecule is COC(C)(C)CCC(CO)Cc1ccccc1Cl. The molecule has 18 heavy (non-hydrogen) atoms. The molecule has 0 aliphatic carbocycles. The van der Waals surface area contributed by atoms with E-state index in [2.05, 4.69) is 13.8 Å². The smallest absolute Gasteiger partial charge is 0.0622 e. The topological polar surface area (TPSA) is 29.5 Å². The van der Waals surface area contributed by atoms with Crippen LogP contribution in [0.15, 0.2) is 24.3 Å². The molecular formula is C15H23ClO2. The summed E-state index contributed by atoms with van der Waals surface area (Å²) >= 11 is 6.14. The number of benzene rings is 1. The van der Waals surface area contributed by atoms with Gasteiger partial charge in [-0.3, -0.25) is 0 Å². The van der Waals surface area contributed by atoms with Crippen molar-refractivity contribution in [2.24, 2.45) is 5.92 Å². The molecule has 0 aliphatic heterocycles. The summed E-state index contributed by atoms with van der Waals surface area (Å²) in [6.07, 6.45) is 2.68. The Hall–Kier alpha value is -0.570. The Bertz CT molecular complexity index is 363. The Kier molecular flexibility index (Phi) is 6.13. The van der Waals surface area contributed by atoms with Gasteiger partial charge in [-0.2, -0.15) is 0 Å². The summed E-state index contributed by atoms with van der Waals surface area (Å²) in [5.41, 5.74) is 0.974. The van der Waals surface area contributed by atoms with E-state index in [-0.39, 0.29) is 18.1 Å². The molecule has 1 N–H and O–H groups in total. The average molecular weight is 271 g/mol. The van der Waals surface area contributed by atoms with Gasteiger partial charge in [-0.25, -0.2) is 0 Å². The summed E-state index contributed by atoms with van der Waals surface area (Å²) < 4.78 is 5.40. The van der Waals surface area contributed by atoms with Crippen LogP contribution in [0.5, 0.6) is 0 Å². The summed E-state index contributed by atoms with van der Waals surface area (Å²) in [6.45, 7) is 4.32. The van der Waals surface area contributed by atoms with Gasteiger partial charge in [0.15, 0.2) is 0 Å². The minimum atomic E-state index is -0.131. The average Bonchev–Trinajstić information content (AvgIpc) is 2.36. The molecule has 0 saturated carbocycles. The molecule has 1 aromatic carbocycles. The number of halogens is 1. The van der Waals surface area contributed by atoms with Gasteiger partial charge in [0.25, 0.3) is 0 Å². The van der Waals surface area contributed by atoms with Gasteiger partial charge in [0.2, 0.25) is 0 Å². The molecule has 2 nitrogen and oxygen atoms in total. The van der Waals surface area contributed by atoms with Crippen molar-refractivity contribution >= 4 is 11.6 Å². The molecule has 1 aromatic rings. The number of rotatable bonds is 7. The molecular weight excluding hydrogens is 248 g/mol. The van der Waals surface area contributed by atoms with Crippen LogP contribution >= 0.6 is 11.6 Å². The van der Waals surface area contributed by atoms with E-state index in [0.717, 1.165) is 29.8 Å². The van der Waals surface area contributed by atoms with Crippen molar-refractivity contribution in [3.63, 3.8) is 0 Å². The van der Waals surface area contributed by atoms with Crippen LogP contribution in [0.1, 0.15) is 32.3 Å². The molecule has 0 amide bonds. The van der Waals surface area contributed by atoms with Gasteiger partial charge in [0.1, 0.15) is 0 Å². The second-order valence-corrected chi connectivity index (χ2v) is 5.75. The molecule has 1 unspecified atom stereocenters. The molecule has 0 saturated heterocycles. The molecule has 3 heteroatoms. The van der Waals surface area contributed by atoms with Crippen molar-refractivity contribution < 1.29 is 9.84 Å². The van der Waals surface area contributed by atoms with Crippen LogP contribution in [-0.2, 0) is 11.2 Å². The lowest BCUT2D eigenvalue weighted by Gasteiger charge is -2.25. The predicted octanol–water partition coefficient (Wildman–Crippen LogP) is 3.70. The zero-order chi connectivity index (χ0) is 13.6. The van der Waals surface area contributed by atoms with Gasteiger partial charge in [-0.05, 0) is 50.7 Å². The fourth-order valence-electron chi connectivity index (χ4n) is 1.89. The zero-order valence-corrected chi connectivity index (χ0v) is 12.2. The van der Waals surface area contributed by atoms with Crippen LogP contribution in [-0.4, -0.2) is 24.4 Å². The number of methoxy groups -OCH3 is 1. The highest BCUT2D eigenvalue weighted by molar-refractivity contribution is 6.31. The number of hydrogen-bond donors (Lipinski definition) is 1. The predicted molar refractivity (Wildman–Crippen MR) is 76.1 cm³/mol. The van der Waals surface area contributed by atoms with Gasteiger partial charge in [-0.15, -0.1) is 0 Å². The van der Waals surface area contributed by atoms with E-state index in [1.165, 1.54) is 0 Å². The minimum Gasteiger partial charge on any atom is -0.396 e. The summed E-state index contributed by atoms with van der Waals surface area (Å²) in [7, 11) is 1.72. The number of ether oxygens (including phenoxy) is 1. The highest BCUT2D eigenvalue weighted by Crippen LogP contribution is 2.24. The Morgan fingerprint density at radius 1 is 1.33 bits per heavy atom. The summed E-state index contributed by atoms with van der Waals surface area (Å²) in [6, 6.07) is 7.82. The van der Waals surface area contributed by atoms with Crippen molar-refractivity contribution in [3.05, 3.63) is 34.9 Å². The quantitative estimate of drug-likeness (QED) is 0.819. The van der Waals surface area contributed by atoms with E-state index < -0.39 is 0 Å². The first kappa shape index (κ1) is 15.5. The Morgan fingerprint density at radius 2 is 2.00 bits per heavy atom. The molecule has 0 heterocycles. The van der Waals surface area contributed by atoms with E-state index in [4.69, 9.17) is 16.3 Å². The first-order valence-corrected chi connectivity index (χ1v) is 6.75. The van der Waals surface area contributed by atoms with E-state index >= 15 is 0 Å². The molecule has 0 aliphatic rings. The first-order chi connectivity index (χ1) is 8.48. The second-order valence-electron chi connectivity index (χ2n) is 5.35. The fourth-order valence-corrected chi connectivity index (χ4v) is 2.10. The van der Waals surface area contributed by atoms with Gasteiger partial charge < -0.3 is 9.84 Å². The van der Waals surface area contributed by atoms with E-state index in [1.807, 2.05) is 24.3 Å². The van der Waals surface area contributed by atoms with Gasteiger partial charge in [-0.1, -0.05) is 29.8 Å². The van der Waals surface area contributed by atoms with Crippen molar-refractivity contribution in [2.45, 2.75) is 38.7 Å². The lowest BCUT2D eigenvalue weighted by Crippen LogP contribution is -2.24. The van der Waals surface area contributed by atoms with Crippen molar-refractivity contribution in [1.29, 1.82) is 0 Å². The van der Waals surface area contributed by atoms with Crippen LogP contribution in [0.2, 0.25) is 5.02 Å². The third-order valence-corrected chi connectivity index (χ3v) is 3.80. The van der Waals surface area contributed by atoms with Crippen LogP contribution < -0.4 is 0 Å².